The van der Waals surface area contributed by atoms with Crippen molar-refractivity contribution in [1.29, 1.82) is 0 Å². The van der Waals surface area contributed by atoms with Gasteiger partial charge in [0.1, 0.15) is 6.61 Å². The van der Waals surface area contributed by atoms with Gasteiger partial charge in [0.2, 0.25) is 5.91 Å². The first-order valence-electron chi connectivity index (χ1n) is 6.29. The van der Waals surface area contributed by atoms with Crippen LogP contribution in [0.2, 0.25) is 0 Å². The van der Waals surface area contributed by atoms with E-state index in [2.05, 4.69) is 32.9 Å². The number of amides is 1. The van der Waals surface area contributed by atoms with Crippen LogP contribution in [-0.2, 0) is 9.53 Å². The molecule has 0 bridgehead atoms. The zero-order valence-corrected chi connectivity index (χ0v) is 11.9. The van der Waals surface area contributed by atoms with Gasteiger partial charge in [0.15, 0.2) is 0 Å². The molecule has 0 saturated carbocycles. The van der Waals surface area contributed by atoms with Gasteiger partial charge in [-0.15, -0.1) is 0 Å². The molecule has 1 unspecified atom stereocenters. The Balaban J connectivity index is 3.04. The lowest BCUT2D eigenvalue weighted by atomic mass is 9.91. The Kier molecular flexibility index (Phi) is 5.35. The van der Waals surface area contributed by atoms with E-state index in [1.165, 1.54) is 11.1 Å². The number of benzene rings is 1. The van der Waals surface area contributed by atoms with Crippen LogP contribution in [0.4, 0.5) is 0 Å². The molecule has 0 N–H and O–H groups in total. The monoisotopic (exact) mass is 249 g/mol. The highest BCUT2D eigenvalue weighted by atomic mass is 16.5. The van der Waals surface area contributed by atoms with Crippen LogP contribution < -0.4 is 0 Å². The fourth-order valence-electron chi connectivity index (χ4n) is 2.31. The molecule has 1 rings (SSSR count). The third-order valence-corrected chi connectivity index (χ3v) is 3.22. The smallest absolute Gasteiger partial charge is 0.248 e. The van der Waals surface area contributed by atoms with Gasteiger partial charge in [0, 0.05) is 14.2 Å². The van der Waals surface area contributed by atoms with Crippen LogP contribution in [0.1, 0.15) is 31.0 Å². The van der Waals surface area contributed by atoms with Crippen molar-refractivity contribution in [3.8, 4) is 0 Å². The lowest BCUT2D eigenvalue weighted by molar-refractivity contribution is -0.137. The van der Waals surface area contributed by atoms with Gasteiger partial charge in [0.05, 0.1) is 6.04 Å². The van der Waals surface area contributed by atoms with Crippen LogP contribution in [0.15, 0.2) is 24.3 Å². The average Bonchev–Trinajstić information content (AvgIpc) is 2.31. The van der Waals surface area contributed by atoms with Gasteiger partial charge < -0.3 is 9.64 Å². The van der Waals surface area contributed by atoms with Crippen LogP contribution in [0, 0.1) is 12.8 Å². The molecule has 100 valence electrons. The molecule has 18 heavy (non-hydrogen) atoms. The minimum Gasteiger partial charge on any atom is -0.375 e. The Morgan fingerprint density at radius 2 is 1.94 bits per heavy atom. The van der Waals surface area contributed by atoms with Crippen molar-refractivity contribution < 1.29 is 9.53 Å². The Bertz CT molecular complexity index is 401. The van der Waals surface area contributed by atoms with E-state index in [1.807, 2.05) is 19.2 Å². The number of likely N-dealkylation sites (N-methyl/N-ethyl adjacent to an activating group) is 1. The highest BCUT2D eigenvalue weighted by Crippen LogP contribution is 2.29. The molecule has 0 aliphatic rings. The number of ether oxygens (including phenoxy) is 1. The zero-order chi connectivity index (χ0) is 13.7. The largest absolute Gasteiger partial charge is 0.375 e. The molecule has 1 amide bonds. The summed E-state index contributed by atoms with van der Waals surface area (Å²) in [5, 5.41) is 0. The van der Waals surface area contributed by atoms with E-state index in [9.17, 15) is 4.79 Å². The summed E-state index contributed by atoms with van der Waals surface area (Å²) in [4.78, 5) is 13.8. The molecule has 0 saturated heterocycles. The fourth-order valence-corrected chi connectivity index (χ4v) is 2.31. The second-order valence-corrected chi connectivity index (χ2v) is 4.98. The quantitative estimate of drug-likeness (QED) is 0.803. The van der Waals surface area contributed by atoms with E-state index >= 15 is 0 Å². The lowest BCUT2D eigenvalue weighted by Crippen LogP contribution is -2.36. The van der Waals surface area contributed by atoms with Crippen molar-refractivity contribution in [3.05, 3.63) is 35.4 Å². The summed E-state index contributed by atoms with van der Waals surface area (Å²) >= 11 is 0. The maximum absolute atomic E-state index is 12.0. The summed E-state index contributed by atoms with van der Waals surface area (Å²) < 4.78 is 4.93. The van der Waals surface area contributed by atoms with Crippen molar-refractivity contribution in [1.82, 2.24) is 4.90 Å². The summed E-state index contributed by atoms with van der Waals surface area (Å²) in [7, 11) is 3.39. The number of carbonyl (C=O) groups is 1. The summed E-state index contributed by atoms with van der Waals surface area (Å²) in [6.07, 6.45) is 0. The van der Waals surface area contributed by atoms with Crippen LogP contribution in [0.25, 0.3) is 0 Å². The molecular formula is C15H23NO2. The summed E-state index contributed by atoms with van der Waals surface area (Å²) in [6, 6.07) is 8.31. The van der Waals surface area contributed by atoms with Gasteiger partial charge in [-0.3, -0.25) is 4.79 Å². The van der Waals surface area contributed by atoms with Gasteiger partial charge >= 0.3 is 0 Å². The third kappa shape index (κ3) is 3.33. The number of hydrogen-bond acceptors (Lipinski definition) is 2. The molecule has 0 aliphatic carbocycles. The number of carbonyl (C=O) groups excluding carboxylic acids is 1. The molecule has 0 aromatic heterocycles. The lowest BCUT2D eigenvalue weighted by Gasteiger charge is -2.32. The van der Waals surface area contributed by atoms with Crippen molar-refractivity contribution in [2.24, 2.45) is 5.92 Å². The average molecular weight is 249 g/mol. The standard InChI is InChI=1S/C15H23NO2/c1-11(2)15(16(4)14(17)10-18-5)13-9-7-6-8-12(13)3/h6-9,11,15H,10H2,1-5H3. The number of hydrogen-bond donors (Lipinski definition) is 0. The van der Waals surface area contributed by atoms with E-state index in [4.69, 9.17) is 4.74 Å². The molecule has 1 aromatic rings. The molecule has 0 spiro atoms. The number of rotatable bonds is 5. The molecule has 0 radical (unpaired) electrons. The number of methoxy groups -OCH3 is 1. The Labute approximate surface area is 110 Å². The molecule has 0 heterocycles. The van der Waals surface area contributed by atoms with Crippen LogP contribution in [0.5, 0.6) is 0 Å². The first kappa shape index (κ1) is 14.7. The predicted molar refractivity (Wildman–Crippen MR) is 73.4 cm³/mol. The van der Waals surface area contributed by atoms with Crippen LogP contribution in [-0.4, -0.2) is 31.6 Å². The first-order chi connectivity index (χ1) is 8.49. The van der Waals surface area contributed by atoms with Gasteiger partial charge in [-0.2, -0.15) is 0 Å². The summed E-state index contributed by atoms with van der Waals surface area (Å²) in [5.41, 5.74) is 2.42. The minimum atomic E-state index is 0.0134. The van der Waals surface area contributed by atoms with Crippen molar-refractivity contribution in [2.75, 3.05) is 20.8 Å². The SMILES string of the molecule is COCC(=O)N(C)C(c1ccccc1C)C(C)C. The zero-order valence-electron chi connectivity index (χ0n) is 11.9. The fraction of sp³-hybridized carbons (Fsp3) is 0.533. The molecule has 0 aliphatic heterocycles. The first-order valence-corrected chi connectivity index (χ1v) is 6.29. The summed E-state index contributed by atoms with van der Waals surface area (Å²) in [5.74, 6) is 0.372. The van der Waals surface area contributed by atoms with E-state index in [0.717, 1.165) is 0 Å². The molecule has 0 fully saturated rings. The van der Waals surface area contributed by atoms with Crippen LogP contribution in [0.3, 0.4) is 0 Å². The van der Waals surface area contributed by atoms with Gasteiger partial charge in [-0.05, 0) is 24.0 Å². The van der Waals surface area contributed by atoms with E-state index in [1.54, 1.807) is 12.0 Å². The van der Waals surface area contributed by atoms with Crippen LogP contribution >= 0.6 is 0 Å². The predicted octanol–water partition coefficient (Wildman–Crippen LogP) is 2.80. The number of nitrogens with zero attached hydrogens (tertiary/aromatic N) is 1. The molecule has 3 nitrogen and oxygen atoms in total. The Morgan fingerprint density at radius 1 is 1.33 bits per heavy atom. The molecule has 3 heteroatoms. The second kappa shape index (κ2) is 6.55. The summed E-state index contributed by atoms with van der Waals surface area (Å²) in [6.45, 7) is 6.48. The minimum absolute atomic E-state index is 0.0134. The van der Waals surface area contributed by atoms with E-state index in [-0.39, 0.29) is 18.6 Å². The topological polar surface area (TPSA) is 29.5 Å². The Morgan fingerprint density at radius 3 is 2.44 bits per heavy atom. The third-order valence-electron chi connectivity index (χ3n) is 3.22. The van der Waals surface area contributed by atoms with E-state index < -0.39 is 0 Å². The Hall–Kier alpha value is -1.35. The second-order valence-electron chi connectivity index (χ2n) is 4.98. The van der Waals surface area contributed by atoms with Crippen molar-refractivity contribution >= 4 is 5.91 Å². The van der Waals surface area contributed by atoms with Gasteiger partial charge in [-0.1, -0.05) is 38.1 Å². The van der Waals surface area contributed by atoms with Gasteiger partial charge in [0.25, 0.3) is 0 Å². The highest BCUT2D eigenvalue weighted by molar-refractivity contribution is 5.77. The molecular weight excluding hydrogens is 226 g/mol. The van der Waals surface area contributed by atoms with E-state index in [0.29, 0.717) is 5.92 Å². The number of aryl methyl sites for hydroxylation is 1. The normalized spacial score (nSPS) is 12.6. The molecule has 1 atom stereocenters. The maximum Gasteiger partial charge on any atom is 0.248 e. The van der Waals surface area contributed by atoms with Crippen molar-refractivity contribution in [3.63, 3.8) is 0 Å². The maximum atomic E-state index is 12.0. The molecule has 1 aromatic carbocycles. The van der Waals surface area contributed by atoms with Crippen molar-refractivity contribution in [2.45, 2.75) is 26.8 Å². The van der Waals surface area contributed by atoms with Gasteiger partial charge in [-0.25, -0.2) is 0 Å². The highest BCUT2D eigenvalue weighted by Gasteiger charge is 2.25.